The SMILES string of the molecule is NC1C(=O)Nc2c(Br)cccc21. The van der Waals surface area contributed by atoms with Gasteiger partial charge >= 0.3 is 0 Å². The average Bonchev–Trinajstić information content (AvgIpc) is 2.32. The first-order chi connectivity index (χ1) is 5.70. The molecule has 1 aromatic rings. The summed E-state index contributed by atoms with van der Waals surface area (Å²) in [6, 6.07) is 5.07. The normalized spacial score (nSPS) is 20.5. The van der Waals surface area contributed by atoms with Gasteiger partial charge in [0.25, 0.3) is 0 Å². The minimum Gasteiger partial charge on any atom is -0.323 e. The second-order valence-corrected chi connectivity index (χ2v) is 3.53. The number of carbonyl (C=O) groups is 1. The van der Waals surface area contributed by atoms with Gasteiger partial charge in [-0.05, 0) is 22.0 Å². The third kappa shape index (κ3) is 0.956. The molecule has 1 atom stereocenters. The molecule has 0 saturated carbocycles. The van der Waals surface area contributed by atoms with Crippen molar-refractivity contribution in [2.24, 2.45) is 5.73 Å². The zero-order valence-electron chi connectivity index (χ0n) is 6.17. The topological polar surface area (TPSA) is 55.1 Å². The van der Waals surface area contributed by atoms with Crippen LogP contribution in [0.4, 0.5) is 5.69 Å². The number of para-hydroxylation sites is 1. The molecule has 3 N–H and O–H groups in total. The molecule has 4 heteroatoms. The Bertz CT molecular complexity index is 351. The number of hydrogen-bond donors (Lipinski definition) is 2. The highest BCUT2D eigenvalue weighted by molar-refractivity contribution is 9.10. The van der Waals surface area contributed by atoms with E-state index >= 15 is 0 Å². The number of fused-ring (bicyclic) bond motifs is 1. The molecule has 1 unspecified atom stereocenters. The third-order valence-electron chi connectivity index (χ3n) is 1.91. The summed E-state index contributed by atoms with van der Waals surface area (Å²) < 4.78 is 0.876. The first kappa shape index (κ1) is 7.76. The first-order valence-corrected chi connectivity index (χ1v) is 4.34. The first-order valence-electron chi connectivity index (χ1n) is 3.55. The van der Waals surface area contributed by atoms with E-state index in [2.05, 4.69) is 21.2 Å². The van der Waals surface area contributed by atoms with Crippen molar-refractivity contribution in [2.45, 2.75) is 6.04 Å². The lowest BCUT2D eigenvalue weighted by molar-refractivity contribution is -0.116. The van der Waals surface area contributed by atoms with Gasteiger partial charge < -0.3 is 11.1 Å². The van der Waals surface area contributed by atoms with Crippen LogP contribution in [0, 0.1) is 0 Å². The molecule has 12 heavy (non-hydrogen) atoms. The molecule has 1 amide bonds. The van der Waals surface area contributed by atoms with Crippen LogP contribution in [-0.4, -0.2) is 5.91 Å². The fourth-order valence-corrected chi connectivity index (χ4v) is 1.75. The number of nitrogens with one attached hydrogen (secondary N) is 1. The zero-order chi connectivity index (χ0) is 8.72. The van der Waals surface area contributed by atoms with Gasteiger partial charge in [-0.2, -0.15) is 0 Å². The van der Waals surface area contributed by atoms with Crippen molar-refractivity contribution in [2.75, 3.05) is 5.32 Å². The number of hydrogen-bond acceptors (Lipinski definition) is 2. The molecule has 62 valence electrons. The van der Waals surface area contributed by atoms with Gasteiger partial charge in [0.2, 0.25) is 5.91 Å². The predicted octanol–water partition coefficient (Wildman–Crippen LogP) is 1.40. The van der Waals surface area contributed by atoms with Crippen LogP contribution < -0.4 is 11.1 Å². The average molecular weight is 227 g/mol. The highest BCUT2D eigenvalue weighted by Crippen LogP contribution is 2.34. The summed E-state index contributed by atoms with van der Waals surface area (Å²) in [5.74, 6) is -0.142. The summed E-state index contributed by atoms with van der Waals surface area (Å²) in [5, 5.41) is 2.70. The maximum atomic E-state index is 11.1. The Hall–Kier alpha value is -0.870. The van der Waals surface area contributed by atoms with Crippen molar-refractivity contribution in [3.63, 3.8) is 0 Å². The number of benzene rings is 1. The van der Waals surface area contributed by atoms with Crippen molar-refractivity contribution in [1.29, 1.82) is 0 Å². The number of nitrogens with two attached hydrogens (primary N) is 1. The smallest absolute Gasteiger partial charge is 0.246 e. The Labute approximate surface area is 78.1 Å². The van der Waals surface area contributed by atoms with Crippen molar-refractivity contribution in [3.05, 3.63) is 28.2 Å². The van der Waals surface area contributed by atoms with E-state index in [-0.39, 0.29) is 5.91 Å². The lowest BCUT2D eigenvalue weighted by Gasteiger charge is -2.00. The fourth-order valence-electron chi connectivity index (χ4n) is 1.27. The van der Waals surface area contributed by atoms with Crippen LogP contribution in [0.15, 0.2) is 22.7 Å². The maximum absolute atomic E-state index is 11.1. The summed E-state index contributed by atoms with van der Waals surface area (Å²) in [4.78, 5) is 11.1. The standard InChI is InChI=1S/C8H7BrN2O/c9-5-3-1-2-4-6(10)8(12)11-7(4)5/h1-3,6H,10H2,(H,11,12). The Morgan fingerprint density at radius 1 is 1.50 bits per heavy atom. The molecule has 1 heterocycles. The molecule has 3 nitrogen and oxygen atoms in total. The van der Waals surface area contributed by atoms with Crippen molar-refractivity contribution >= 4 is 27.5 Å². The van der Waals surface area contributed by atoms with Crippen LogP contribution in [0.2, 0.25) is 0 Å². The molecule has 0 fully saturated rings. The monoisotopic (exact) mass is 226 g/mol. The summed E-state index contributed by atoms with van der Waals surface area (Å²) >= 11 is 3.33. The molecule has 2 rings (SSSR count). The molecule has 1 aliphatic heterocycles. The van der Waals surface area contributed by atoms with Gasteiger partial charge in [-0.15, -0.1) is 0 Å². The minimum atomic E-state index is -0.516. The van der Waals surface area contributed by atoms with Gasteiger partial charge in [-0.25, -0.2) is 0 Å². The Balaban J connectivity index is 2.60. The van der Waals surface area contributed by atoms with Crippen LogP contribution in [0.5, 0.6) is 0 Å². The molecule has 0 aliphatic carbocycles. The summed E-state index contributed by atoms with van der Waals surface area (Å²) in [6.07, 6.45) is 0. The quantitative estimate of drug-likeness (QED) is 0.703. The molecule has 1 aliphatic rings. The second kappa shape index (κ2) is 2.57. The van der Waals surface area contributed by atoms with E-state index in [1.807, 2.05) is 18.2 Å². The maximum Gasteiger partial charge on any atom is 0.246 e. The molecule has 0 spiro atoms. The van der Waals surface area contributed by atoms with E-state index in [1.54, 1.807) is 0 Å². The number of rotatable bonds is 0. The highest BCUT2D eigenvalue weighted by Gasteiger charge is 2.27. The van der Waals surface area contributed by atoms with Crippen LogP contribution in [0.1, 0.15) is 11.6 Å². The van der Waals surface area contributed by atoms with Gasteiger partial charge in [-0.1, -0.05) is 12.1 Å². The predicted molar refractivity (Wildman–Crippen MR) is 49.7 cm³/mol. The zero-order valence-corrected chi connectivity index (χ0v) is 7.76. The Kier molecular flexibility index (Phi) is 1.66. The van der Waals surface area contributed by atoms with Gasteiger partial charge in [0.15, 0.2) is 0 Å². The minimum absolute atomic E-state index is 0.142. The van der Waals surface area contributed by atoms with E-state index in [0.29, 0.717) is 0 Å². The number of halogens is 1. The molecule has 0 bridgehead atoms. The summed E-state index contributed by atoms with van der Waals surface area (Å²) in [5.41, 5.74) is 7.28. The van der Waals surface area contributed by atoms with E-state index in [9.17, 15) is 4.79 Å². The van der Waals surface area contributed by atoms with Gasteiger partial charge in [0, 0.05) is 10.0 Å². The Morgan fingerprint density at radius 3 is 2.92 bits per heavy atom. The summed E-state index contributed by atoms with van der Waals surface area (Å²) in [6.45, 7) is 0. The van der Waals surface area contributed by atoms with E-state index in [0.717, 1.165) is 15.7 Å². The van der Waals surface area contributed by atoms with Crippen LogP contribution in [-0.2, 0) is 4.79 Å². The molecule has 0 aromatic heterocycles. The van der Waals surface area contributed by atoms with Crippen molar-refractivity contribution < 1.29 is 4.79 Å². The third-order valence-corrected chi connectivity index (χ3v) is 2.57. The Morgan fingerprint density at radius 2 is 2.25 bits per heavy atom. The number of amides is 1. The van der Waals surface area contributed by atoms with Crippen molar-refractivity contribution in [3.8, 4) is 0 Å². The molecule has 0 saturated heterocycles. The summed E-state index contributed by atoms with van der Waals surface area (Å²) in [7, 11) is 0. The number of anilines is 1. The van der Waals surface area contributed by atoms with Gasteiger partial charge in [0.05, 0.1) is 5.69 Å². The largest absolute Gasteiger partial charge is 0.323 e. The highest BCUT2D eigenvalue weighted by atomic mass is 79.9. The van der Waals surface area contributed by atoms with E-state index in [4.69, 9.17) is 5.73 Å². The second-order valence-electron chi connectivity index (χ2n) is 2.67. The van der Waals surface area contributed by atoms with Crippen molar-refractivity contribution in [1.82, 2.24) is 0 Å². The molecular weight excluding hydrogens is 220 g/mol. The van der Waals surface area contributed by atoms with E-state index in [1.165, 1.54) is 0 Å². The van der Waals surface area contributed by atoms with Gasteiger partial charge in [0.1, 0.15) is 6.04 Å². The number of carbonyl (C=O) groups excluding carboxylic acids is 1. The van der Waals surface area contributed by atoms with Crippen LogP contribution >= 0.6 is 15.9 Å². The molecule has 0 radical (unpaired) electrons. The van der Waals surface area contributed by atoms with E-state index < -0.39 is 6.04 Å². The molecular formula is C8H7BrN2O. The van der Waals surface area contributed by atoms with Crippen LogP contribution in [0.3, 0.4) is 0 Å². The lowest BCUT2D eigenvalue weighted by atomic mass is 10.1. The molecule has 1 aromatic carbocycles. The van der Waals surface area contributed by atoms with Crippen LogP contribution in [0.25, 0.3) is 0 Å². The van der Waals surface area contributed by atoms with Gasteiger partial charge in [-0.3, -0.25) is 4.79 Å². The fraction of sp³-hybridized carbons (Fsp3) is 0.125. The lowest BCUT2D eigenvalue weighted by Crippen LogP contribution is -2.19.